The van der Waals surface area contributed by atoms with Gasteiger partial charge in [-0.15, -0.1) is 0 Å². The van der Waals surface area contributed by atoms with Gasteiger partial charge in [0.15, 0.2) is 0 Å². The normalized spacial score (nSPS) is 13.6. The van der Waals surface area contributed by atoms with E-state index in [1.54, 1.807) is 25.3 Å². The minimum Gasteiger partial charge on any atom is -0.497 e. The number of methoxy groups -OCH3 is 1. The minimum absolute atomic E-state index is 0.159. The molecule has 4 heteroatoms. The molecule has 3 nitrogen and oxygen atoms in total. The molecule has 0 saturated heterocycles. The van der Waals surface area contributed by atoms with Crippen LogP contribution in [0, 0.1) is 5.82 Å². The Morgan fingerprint density at radius 1 is 1.15 bits per heavy atom. The predicted octanol–water partition coefficient (Wildman–Crippen LogP) is 3.15. The van der Waals surface area contributed by atoms with E-state index >= 15 is 0 Å². The fourth-order valence-electron chi connectivity index (χ4n) is 2.02. The zero-order valence-electron chi connectivity index (χ0n) is 11.6. The summed E-state index contributed by atoms with van der Waals surface area (Å²) in [6.07, 6.45) is 0. The van der Waals surface area contributed by atoms with E-state index in [4.69, 9.17) is 4.74 Å². The molecule has 2 rings (SSSR count). The van der Waals surface area contributed by atoms with E-state index < -0.39 is 5.54 Å². The molecular weight excluding hydrogens is 257 g/mol. The quantitative estimate of drug-likeness (QED) is 0.880. The van der Waals surface area contributed by atoms with E-state index in [2.05, 4.69) is 5.32 Å². The lowest BCUT2D eigenvalue weighted by molar-refractivity contribution is 0.223. The molecule has 2 N–H and O–H groups in total. The van der Waals surface area contributed by atoms with E-state index in [-0.39, 0.29) is 12.4 Å². The van der Waals surface area contributed by atoms with Crippen LogP contribution >= 0.6 is 0 Å². The molecule has 20 heavy (non-hydrogen) atoms. The van der Waals surface area contributed by atoms with Crippen LogP contribution < -0.4 is 10.1 Å². The summed E-state index contributed by atoms with van der Waals surface area (Å²) in [7, 11) is 1.60. The second-order valence-corrected chi connectivity index (χ2v) is 4.82. The van der Waals surface area contributed by atoms with E-state index in [1.807, 2.05) is 31.2 Å². The number of anilines is 1. The average Bonchev–Trinajstić information content (AvgIpc) is 2.49. The van der Waals surface area contributed by atoms with Crippen molar-refractivity contribution in [1.29, 1.82) is 0 Å². The van der Waals surface area contributed by atoms with Crippen LogP contribution in [0.3, 0.4) is 0 Å². The summed E-state index contributed by atoms with van der Waals surface area (Å²) in [5.41, 5.74) is 0.443. The third-order valence-electron chi connectivity index (χ3n) is 3.33. The third-order valence-corrected chi connectivity index (χ3v) is 3.33. The van der Waals surface area contributed by atoms with E-state index in [0.29, 0.717) is 5.69 Å². The Hall–Kier alpha value is -2.07. The van der Waals surface area contributed by atoms with Gasteiger partial charge < -0.3 is 15.2 Å². The molecule has 0 aliphatic rings. The van der Waals surface area contributed by atoms with Crippen LogP contribution in [0.15, 0.2) is 48.5 Å². The number of hydrogen-bond acceptors (Lipinski definition) is 3. The summed E-state index contributed by atoms with van der Waals surface area (Å²) in [5.74, 6) is 0.389. The number of rotatable bonds is 5. The summed E-state index contributed by atoms with van der Waals surface area (Å²) in [6, 6.07) is 13.7. The maximum absolute atomic E-state index is 13.7. The van der Waals surface area contributed by atoms with Crippen LogP contribution in [0.25, 0.3) is 0 Å². The Morgan fingerprint density at radius 2 is 1.80 bits per heavy atom. The zero-order chi connectivity index (χ0) is 14.6. The summed E-state index contributed by atoms with van der Waals surface area (Å²) in [6.45, 7) is 1.66. The highest BCUT2D eigenvalue weighted by molar-refractivity contribution is 5.49. The Morgan fingerprint density at radius 3 is 2.35 bits per heavy atom. The van der Waals surface area contributed by atoms with Gasteiger partial charge in [0.2, 0.25) is 0 Å². The molecule has 0 spiro atoms. The number of aliphatic hydroxyl groups excluding tert-OH is 1. The third kappa shape index (κ3) is 2.91. The van der Waals surface area contributed by atoms with Crippen molar-refractivity contribution in [2.45, 2.75) is 12.5 Å². The Bertz CT molecular complexity index is 571. The summed E-state index contributed by atoms with van der Waals surface area (Å²) < 4.78 is 18.8. The van der Waals surface area contributed by atoms with E-state index in [9.17, 15) is 9.50 Å². The molecule has 2 aromatic rings. The first-order chi connectivity index (χ1) is 9.59. The number of aliphatic hydroxyl groups is 1. The Balaban J connectivity index is 2.30. The largest absolute Gasteiger partial charge is 0.497 e. The molecular formula is C16H18FNO2. The molecule has 0 aliphatic carbocycles. The predicted molar refractivity (Wildman–Crippen MR) is 77.5 cm³/mol. The van der Waals surface area contributed by atoms with E-state index in [1.165, 1.54) is 6.07 Å². The number of nitrogens with one attached hydrogen (secondary N) is 1. The van der Waals surface area contributed by atoms with Crippen molar-refractivity contribution in [2.75, 3.05) is 19.0 Å². The highest BCUT2D eigenvalue weighted by Crippen LogP contribution is 2.28. The second-order valence-electron chi connectivity index (χ2n) is 4.82. The molecule has 0 aliphatic heterocycles. The van der Waals surface area contributed by atoms with Crippen LogP contribution in [-0.4, -0.2) is 18.8 Å². The fourth-order valence-corrected chi connectivity index (χ4v) is 2.02. The first-order valence-corrected chi connectivity index (χ1v) is 6.37. The topological polar surface area (TPSA) is 41.5 Å². The monoisotopic (exact) mass is 275 g/mol. The smallest absolute Gasteiger partial charge is 0.146 e. The van der Waals surface area contributed by atoms with Crippen LogP contribution in [0.5, 0.6) is 5.75 Å². The van der Waals surface area contributed by atoms with Crippen LogP contribution in [0.2, 0.25) is 0 Å². The lowest BCUT2D eigenvalue weighted by Crippen LogP contribution is -2.36. The molecule has 0 amide bonds. The Labute approximate surface area is 118 Å². The van der Waals surface area contributed by atoms with Crippen molar-refractivity contribution >= 4 is 5.69 Å². The number of halogens is 1. The van der Waals surface area contributed by atoms with Gasteiger partial charge in [-0.2, -0.15) is 0 Å². The van der Waals surface area contributed by atoms with Crippen molar-refractivity contribution in [3.63, 3.8) is 0 Å². The molecule has 0 aromatic heterocycles. The standard InChI is InChI=1S/C16H18FNO2/c1-16(11-19,12-7-9-13(20-2)10-8-12)18-15-6-4-3-5-14(15)17/h3-10,18-19H,11H2,1-2H3. The molecule has 0 radical (unpaired) electrons. The second kappa shape index (κ2) is 5.92. The summed E-state index contributed by atoms with van der Waals surface area (Å²) >= 11 is 0. The maximum atomic E-state index is 13.7. The first kappa shape index (κ1) is 14.3. The van der Waals surface area contributed by atoms with Crippen molar-refractivity contribution in [2.24, 2.45) is 0 Å². The van der Waals surface area contributed by atoms with Gasteiger partial charge in [-0.25, -0.2) is 4.39 Å². The number of benzene rings is 2. The SMILES string of the molecule is COc1ccc(C(C)(CO)Nc2ccccc2F)cc1. The molecule has 0 fully saturated rings. The average molecular weight is 275 g/mol. The zero-order valence-corrected chi connectivity index (χ0v) is 11.6. The molecule has 0 saturated carbocycles. The van der Waals surface area contributed by atoms with Gasteiger partial charge in [0.05, 0.1) is 24.9 Å². The lowest BCUT2D eigenvalue weighted by atomic mass is 9.92. The van der Waals surface area contributed by atoms with Crippen molar-refractivity contribution in [1.82, 2.24) is 0 Å². The molecule has 0 bridgehead atoms. The Kier molecular flexibility index (Phi) is 4.25. The van der Waals surface area contributed by atoms with Crippen LogP contribution in [-0.2, 0) is 5.54 Å². The highest BCUT2D eigenvalue weighted by atomic mass is 19.1. The van der Waals surface area contributed by atoms with Gasteiger partial charge in [0.25, 0.3) is 0 Å². The first-order valence-electron chi connectivity index (χ1n) is 6.37. The van der Waals surface area contributed by atoms with Crippen molar-refractivity contribution in [3.05, 3.63) is 59.9 Å². The van der Waals surface area contributed by atoms with Crippen molar-refractivity contribution < 1.29 is 14.2 Å². The van der Waals surface area contributed by atoms with Gasteiger partial charge in [-0.05, 0) is 36.8 Å². The van der Waals surface area contributed by atoms with E-state index in [0.717, 1.165) is 11.3 Å². The maximum Gasteiger partial charge on any atom is 0.146 e. The molecule has 2 aromatic carbocycles. The van der Waals surface area contributed by atoms with Gasteiger partial charge in [-0.3, -0.25) is 0 Å². The number of para-hydroxylation sites is 1. The van der Waals surface area contributed by atoms with Crippen LogP contribution in [0.4, 0.5) is 10.1 Å². The molecule has 0 heterocycles. The van der Waals surface area contributed by atoms with Crippen molar-refractivity contribution in [3.8, 4) is 5.75 Å². The van der Waals surface area contributed by atoms with Gasteiger partial charge in [0, 0.05) is 0 Å². The molecule has 1 atom stereocenters. The number of ether oxygens (including phenoxy) is 1. The van der Waals surface area contributed by atoms with Crippen LogP contribution in [0.1, 0.15) is 12.5 Å². The van der Waals surface area contributed by atoms with Gasteiger partial charge >= 0.3 is 0 Å². The number of hydrogen-bond donors (Lipinski definition) is 2. The summed E-state index contributed by atoms with van der Waals surface area (Å²) in [5, 5.41) is 12.8. The summed E-state index contributed by atoms with van der Waals surface area (Å²) in [4.78, 5) is 0. The molecule has 1 unspecified atom stereocenters. The fraction of sp³-hybridized carbons (Fsp3) is 0.250. The molecule has 106 valence electrons. The van der Waals surface area contributed by atoms with Gasteiger partial charge in [0.1, 0.15) is 11.6 Å². The highest BCUT2D eigenvalue weighted by Gasteiger charge is 2.26. The lowest BCUT2D eigenvalue weighted by Gasteiger charge is -2.30. The minimum atomic E-state index is -0.769. The van der Waals surface area contributed by atoms with Gasteiger partial charge in [-0.1, -0.05) is 24.3 Å².